The highest BCUT2D eigenvalue weighted by molar-refractivity contribution is 6.17. The number of anilines is 1. The monoisotopic (exact) mass is 339 g/mol. The molecule has 7 heteroatoms. The van der Waals surface area contributed by atoms with E-state index in [-0.39, 0.29) is 5.88 Å². The van der Waals surface area contributed by atoms with Gasteiger partial charge in [0.2, 0.25) is 5.91 Å². The second-order valence-corrected chi connectivity index (χ2v) is 5.89. The number of amides is 1. The van der Waals surface area contributed by atoms with Gasteiger partial charge in [-0.05, 0) is 30.0 Å². The molecule has 126 valence electrons. The first kappa shape index (κ1) is 19.0. The van der Waals surface area contributed by atoms with Crippen molar-refractivity contribution in [3.8, 4) is 0 Å². The Morgan fingerprint density at radius 2 is 1.96 bits per heavy atom. The van der Waals surface area contributed by atoms with Crippen molar-refractivity contribution in [3.63, 3.8) is 0 Å². The fraction of sp³-hybridized carbons (Fsp3) is 0.375. The highest BCUT2D eigenvalue weighted by Crippen LogP contribution is 2.20. The van der Waals surface area contributed by atoms with Gasteiger partial charge in [0.25, 0.3) is 0 Å². The quantitative estimate of drug-likeness (QED) is 0.446. The van der Waals surface area contributed by atoms with Crippen molar-refractivity contribution in [2.75, 3.05) is 5.73 Å². The summed E-state index contributed by atoms with van der Waals surface area (Å²) in [6, 6.07) is 6.09. The number of fused-ring (bicyclic) bond motifs is 1. The predicted octanol–water partition coefficient (Wildman–Crippen LogP) is 1.96. The largest absolute Gasteiger partial charge is 0.423 e. The van der Waals surface area contributed by atoms with Crippen LogP contribution < -0.4 is 22.8 Å². The Labute approximate surface area is 139 Å². The van der Waals surface area contributed by atoms with Crippen LogP contribution in [0.5, 0.6) is 0 Å². The highest BCUT2D eigenvalue weighted by atomic mass is 35.5. The lowest BCUT2D eigenvalue weighted by Crippen LogP contribution is -2.37. The molecule has 1 aromatic carbocycles. The van der Waals surface area contributed by atoms with Gasteiger partial charge in [0, 0.05) is 29.1 Å². The van der Waals surface area contributed by atoms with Crippen molar-refractivity contribution < 1.29 is 9.21 Å². The molecule has 6 nitrogen and oxygen atoms in total. The number of nitrogens with two attached hydrogens (primary N) is 3. The van der Waals surface area contributed by atoms with Gasteiger partial charge in [-0.2, -0.15) is 0 Å². The van der Waals surface area contributed by atoms with Crippen LogP contribution in [0.1, 0.15) is 25.8 Å². The summed E-state index contributed by atoms with van der Waals surface area (Å²) in [5.41, 5.74) is 17.2. The maximum absolute atomic E-state index is 11.1. The third kappa shape index (κ3) is 5.92. The maximum atomic E-state index is 11.1. The van der Waals surface area contributed by atoms with Gasteiger partial charge in [-0.15, -0.1) is 11.6 Å². The van der Waals surface area contributed by atoms with E-state index in [4.69, 9.17) is 33.2 Å². The van der Waals surface area contributed by atoms with Gasteiger partial charge in [0.05, 0.1) is 6.04 Å². The zero-order valence-electron chi connectivity index (χ0n) is 13.2. The summed E-state index contributed by atoms with van der Waals surface area (Å²) in [4.78, 5) is 21.4. The van der Waals surface area contributed by atoms with Crippen LogP contribution in [0, 0.1) is 5.92 Å². The molecular formula is C16H22ClN3O3. The zero-order valence-corrected chi connectivity index (χ0v) is 14.0. The lowest BCUT2D eigenvalue weighted by atomic mass is 10.0. The van der Waals surface area contributed by atoms with Crippen LogP contribution in [0.15, 0.2) is 33.5 Å². The molecule has 0 fully saturated rings. The minimum absolute atomic E-state index is 0.284. The van der Waals surface area contributed by atoms with Crippen molar-refractivity contribution in [2.45, 2.75) is 32.2 Å². The number of primary amides is 1. The smallest absolute Gasteiger partial charge is 0.336 e. The summed E-state index contributed by atoms with van der Waals surface area (Å²) in [5.74, 6) is 0.308. The van der Waals surface area contributed by atoms with E-state index in [1.165, 1.54) is 6.07 Å². The molecule has 1 heterocycles. The van der Waals surface area contributed by atoms with Crippen molar-refractivity contribution in [3.05, 3.63) is 40.2 Å². The number of rotatable bonds is 4. The van der Waals surface area contributed by atoms with Crippen LogP contribution in [-0.2, 0) is 10.7 Å². The number of benzene rings is 1. The fourth-order valence-electron chi connectivity index (χ4n) is 1.98. The van der Waals surface area contributed by atoms with Gasteiger partial charge >= 0.3 is 5.63 Å². The lowest BCUT2D eigenvalue weighted by molar-refractivity contribution is -0.119. The summed E-state index contributed by atoms with van der Waals surface area (Å²) in [6.07, 6.45) is 0.676. The van der Waals surface area contributed by atoms with Crippen LogP contribution in [-0.4, -0.2) is 11.9 Å². The number of halogens is 1. The average Bonchev–Trinajstić information content (AvgIpc) is 2.45. The molecule has 0 unspecified atom stereocenters. The van der Waals surface area contributed by atoms with E-state index in [0.717, 1.165) is 10.9 Å². The number of hydrogen-bond donors (Lipinski definition) is 3. The molecule has 23 heavy (non-hydrogen) atoms. The van der Waals surface area contributed by atoms with Crippen molar-refractivity contribution in [1.29, 1.82) is 0 Å². The molecule has 0 radical (unpaired) electrons. The number of alkyl halides is 1. The second-order valence-electron chi connectivity index (χ2n) is 5.62. The Morgan fingerprint density at radius 1 is 1.30 bits per heavy atom. The maximum Gasteiger partial charge on any atom is 0.336 e. The molecule has 0 aliphatic rings. The van der Waals surface area contributed by atoms with E-state index in [1.807, 2.05) is 13.8 Å². The summed E-state index contributed by atoms with van der Waals surface area (Å²) in [6.45, 7) is 4.01. The molecular weight excluding hydrogens is 318 g/mol. The highest BCUT2D eigenvalue weighted by Gasteiger charge is 2.09. The van der Waals surface area contributed by atoms with E-state index in [0.29, 0.717) is 23.6 Å². The SMILES string of the molecule is CC(C)C[C@H](N)C(N)=O.Nc1ccc2c(CCl)cc(=O)oc2c1. The Hall–Kier alpha value is -2.05. The lowest BCUT2D eigenvalue weighted by Gasteiger charge is -2.08. The molecule has 0 spiro atoms. The summed E-state index contributed by atoms with van der Waals surface area (Å²) in [7, 11) is 0. The summed E-state index contributed by atoms with van der Waals surface area (Å²) in [5, 5.41) is 0.828. The minimum Gasteiger partial charge on any atom is -0.423 e. The van der Waals surface area contributed by atoms with Gasteiger partial charge < -0.3 is 21.6 Å². The Kier molecular flexibility index (Phi) is 7.06. The minimum atomic E-state index is -0.468. The van der Waals surface area contributed by atoms with E-state index in [1.54, 1.807) is 18.2 Å². The van der Waals surface area contributed by atoms with Crippen LogP contribution in [0.4, 0.5) is 5.69 Å². The standard InChI is InChI=1S/C10H8ClNO2.C6H14N2O/c11-5-6-3-10(13)14-9-4-7(12)1-2-8(6)9;1-4(2)3-5(7)6(8)9/h1-4H,5,12H2;4-5H,3,7H2,1-2H3,(H2,8,9)/t;5-/m.0/s1. The molecule has 0 saturated carbocycles. The molecule has 2 rings (SSSR count). The van der Waals surface area contributed by atoms with E-state index >= 15 is 0 Å². The molecule has 0 aliphatic heterocycles. The molecule has 0 saturated heterocycles. The van der Waals surface area contributed by atoms with Gasteiger partial charge in [-0.1, -0.05) is 13.8 Å². The molecule has 2 aromatic rings. The second kappa shape index (κ2) is 8.55. The van der Waals surface area contributed by atoms with Gasteiger partial charge in [-0.3, -0.25) is 4.79 Å². The molecule has 6 N–H and O–H groups in total. The van der Waals surface area contributed by atoms with Crippen molar-refractivity contribution >= 4 is 34.2 Å². The van der Waals surface area contributed by atoms with Gasteiger partial charge in [0.15, 0.2) is 0 Å². The molecule has 0 aliphatic carbocycles. The zero-order chi connectivity index (χ0) is 17.6. The van der Waals surface area contributed by atoms with E-state index < -0.39 is 17.6 Å². The van der Waals surface area contributed by atoms with Crippen molar-refractivity contribution in [1.82, 2.24) is 0 Å². The Balaban J connectivity index is 0.000000257. The first-order valence-electron chi connectivity index (χ1n) is 7.17. The molecule has 0 bridgehead atoms. The Bertz CT molecular complexity index is 728. The van der Waals surface area contributed by atoms with Crippen molar-refractivity contribution in [2.24, 2.45) is 17.4 Å². The van der Waals surface area contributed by atoms with E-state index in [2.05, 4.69) is 0 Å². The number of carbonyl (C=O) groups is 1. The van der Waals surface area contributed by atoms with Crippen LogP contribution in [0.2, 0.25) is 0 Å². The predicted molar refractivity (Wildman–Crippen MR) is 93.1 cm³/mol. The van der Waals surface area contributed by atoms with Crippen LogP contribution >= 0.6 is 11.6 Å². The summed E-state index contributed by atoms with van der Waals surface area (Å²) < 4.78 is 4.99. The topological polar surface area (TPSA) is 125 Å². The Morgan fingerprint density at radius 3 is 2.43 bits per heavy atom. The first-order chi connectivity index (χ1) is 10.7. The fourth-order valence-corrected chi connectivity index (χ4v) is 2.20. The normalized spacial score (nSPS) is 11.9. The van der Waals surface area contributed by atoms with Gasteiger partial charge in [0.1, 0.15) is 5.58 Å². The third-order valence-electron chi connectivity index (χ3n) is 3.09. The van der Waals surface area contributed by atoms with Gasteiger partial charge in [-0.25, -0.2) is 4.79 Å². The summed E-state index contributed by atoms with van der Waals surface area (Å²) >= 11 is 5.71. The van der Waals surface area contributed by atoms with Crippen LogP contribution in [0.25, 0.3) is 11.0 Å². The average molecular weight is 340 g/mol. The third-order valence-corrected chi connectivity index (χ3v) is 3.38. The van der Waals surface area contributed by atoms with Crippen LogP contribution in [0.3, 0.4) is 0 Å². The van der Waals surface area contributed by atoms with E-state index in [9.17, 15) is 9.59 Å². The first-order valence-corrected chi connectivity index (χ1v) is 7.71. The molecule has 1 aromatic heterocycles. The molecule has 1 amide bonds. The number of hydrogen-bond acceptors (Lipinski definition) is 5. The molecule has 1 atom stereocenters. The number of carbonyl (C=O) groups excluding carboxylic acids is 1. The number of nitrogen functional groups attached to an aromatic ring is 1.